The molecule has 3 heterocycles. The van der Waals surface area contributed by atoms with Crippen LogP contribution >= 0.6 is 11.6 Å². The van der Waals surface area contributed by atoms with Crippen LogP contribution in [0.2, 0.25) is 5.02 Å². The van der Waals surface area contributed by atoms with Gasteiger partial charge in [-0.25, -0.2) is 14.6 Å². The molecule has 28 heavy (non-hydrogen) atoms. The Kier molecular flexibility index (Phi) is 5.54. The third kappa shape index (κ3) is 3.86. The van der Waals surface area contributed by atoms with E-state index < -0.39 is 0 Å². The zero-order valence-corrected chi connectivity index (χ0v) is 16.6. The second-order valence-corrected chi connectivity index (χ2v) is 7.46. The molecule has 4 rings (SSSR count). The lowest BCUT2D eigenvalue weighted by molar-refractivity contribution is -0.127. The number of benzene rings is 1. The molecule has 8 heteroatoms. The van der Waals surface area contributed by atoms with E-state index in [4.69, 9.17) is 16.7 Å². The third-order valence-electron chi connectivity index (χ3n) is 5.19. The van der Waals surface area contributed by atoms with E-state index in [9.17, 15) is 4.79 Å². The Hall–Kier alpha value is -2.51. The quantitative estimate of drug-likeness (QED) is 0.646. The second-order valence-electron chi connectivity index (χ2n) is 7.06. The standard InChI is InChI=1S/C20H23ClN6O/c1-14(28)26-10-6-16(13-26)18-19-20(24-8-7-23-19)27(25-18)11-9-22-12-15-4-2-3-5-17(15)21/h2-5,7-8,16,22H,6,9-13H2,1H3. The summed E-state index contributed by atoms with van der Waals surface area (Å²) in [5.41, 5.74) is 3.64. The Morgan fingerprint density at radius 2 is 2.11 bits per heavy atom. The number of nitrogens with zero attached hydrogens (tertiary/aromatic N) is 5. The van der Waals surface area contributed by atoms with Gasteiger partial charge in [0.25, 0.3) is 0 Å². The molecule has 1 aliphatic rings. The summed E-state index contributed by atoms with van der Waals surface area (Å²) in [4.78, 5) is 22.5. The van der Waals surface area contributed by atoms with Crippen LogP contribution in [0.15, 0.2) is 36.7 Å². The topological polar surface area (TPSA) is 75.9 Å². The van der Waals surface area contributed by atoms with Gasteiger partial charge >= 0.3 is 0 Å². The van der Waals surface area contributed by atoms with Gasteiger partial charge in [-0.3, -0.25) is 4.79 Å². The van der Waals surface area contributed by atoms with E-state index in [0.29, 0.717) is 19.6 Å². The van der Waals surface area contributed by atoms with Crippen molar-refractivity contribution in [3.63, 3.8) is 0 Å². The highest BCUT2D eigenvalue weighted by Crippen LogP contribution is 2.30. The first-order chi connectivity index (χ1) is 13.6. The van der Waals surface area contributed by atoms with Crippen LogP contribution in [-0.4, -0.2) is 50.2 Å². The van der Waals surface area contributed by atoms with Crippen LogP contribution in [0.1, 0.15) is 30.5 Å². The number of carbonyl (C=O) groups is 1. The van der Waals surface area contributed by atoms with Crippen LogP contribution in [0.25, 0.3) is 11.2 Å². The number of halogens is 1. The Morgan fingerprint density at radius 3 is 2.89 bits per heavy atom. The maximum absolute atomic E-state index is 11.7. The lowest BCUT2D eigenvalue weighted by Gasteiger charge is -2.12. The van der Waals surface area contributed by atoms with Crippen molar-refractivity contribution in [2.45, 2.75) is 32.4 Å². The van der Waals surface area contributed by atoms with Crippen LogP contribution < -0.4 is 5.32 Å². The van der Waals surface area contributed by atoms with Crippen molar-refractivity contribution in [1.82, 2.24) is 30.0 Å². The first-order valence-electron chi connectivity index (χ1n) is 9.50. The maximum Gasteiger partial charge on any atom is 0.219 e. The number of fused-ring (bicyclic) bond motifs is 1. The number of hydrogen-bond acceptors (Lipinski definition) is 5. The number of likely N-dealkylation sites (tertiary alicyclic amines) is 1. The summed E-state index contributed by atoms with van der Waals surface area (Å²) < 4.78 is 1.91. The molecule has 0 spiro atoms. The summed E-state index contributed by atoms with van der Waals surface area (Å²) in [6.07, 6.45) is 4.30. The number of nitrogens with one attached hydrogen (secondary N) is 1. The molecule has 1 unspecified atom stereocenters. The minimum atomic E-state index is 0.112. The van der Waals surface area contributed by atoms with Crippen molar-refractivity contribution in [2.24, 2.45) is 0 Å². The van der Waals surface area contributed by atoms with Gasteiger partial charge in [-0.05, 0) is 18.1 Å². The van der Waals surface area contributed by atoms with E-state index in [0.717, 1.165) is 47.0 Å². The Morgan fingerprint density at radius 1 is 1.29 bits per heavy atom. The number of aromatic nitrogens is 4. The van der Waals surface area contributed by atoms with Crippen LogP contribution in [0.3, 0.4) is 0 Å². The van der Waals surface area contributed by atoms with Crippen LogP contribution in [-0.2, 0) is 17.9 Å². The number of hydrogen-bond donors (Lipinski definition) is 1. The fourth-order valence-corrected chi connectivity index (χ4v) is 3.88. The van der Waals surface area contributed by atoms with Gasteiger partial charge in [0.1, 0.15) is 5.52 Å². The molecule has 0 saturated carbocycles. The largest absolute Gasteiger partial charge is 0.342 e. The first-order valence-corrected chi connectivity index (χ1v) is 9.88. The first kappa shape index (κ1) is 18.8. The lowest BCUT2D eigenvalue weighted by Crippen LogP contribution is -2.25. The number of rotatable bonds is 6. The molecule has 1 atom stereocenters. The van der Waals surface area contributed by atoms with E-state index in [-0.39, 0.29) is 11.8 Å². The molecule has 2 aromatic heterocycles. The molecule has 1 aliphatic heterocycles. The molecule has 3 aromatic rings. The molecule has 7 nitrogen and oxygen atoms in total. The lowest BCUT2D eigenvalue weighted by atomic mass is 10.0. The number of carbonyl (C=O) groups excluding carboxylic acids is 1. The predicted octanol–water partition coefficient (Wildman–Crippen LogP) is 2.61. The Labute approximate surface area is 168 Å². The minimum Gasteiger partial charge on any atom is -0.342 e. The van der Waals surface area contributed by atoms with Gasteiger partial charge in [0, 0.05) is 56.4 Å². The third-order valence-corrected chi connectivity index (χ3v) is 5.56. The van der Waals surface area contributed by atoms with Gasteiger partial charge in [-0.2, -0.15) is 5.10 Å². The van der Waals surface area contributed by atoms with Crippen molar-refractivity contribution in [3.05, 3.63) is 52.9 Å². The zero-order valence-electron chi connectivity index (χ0n) is 15.8. The average Bonchev–Trinajstić information content (AvgIpc) is 3.32. The van der Waals surface area contributed by atoms with Crippen LogP contribution in [0.5, 0.6) is 0 Å². The summed E-state index contributed by atoms with van der Waals surface area (Å²) in [5.74, 6) is 0.321. The van der Waals surface area contributed by atoms with Crippen LogP contribution in [0.4, 0.5) is 0 Å². The van der Waals surface area contributed by atoms with Gasteiger partial charge in [-0.1, -0.05) is 29.8 Å². The van der Waals surface area contributed by atoms with Crippen molar-refractivity contribution in [3.8, 4) is 0 Å². The van der Waals surface area contributed by atoms with Crippen molar-refractivity contribution in [1.29, 1.82) is 0 Å². The van der Waals surface area contributed by atoms with E-state index in [2.05, 4.69) is 15.3 Å². The summed E-state index contributed by atoms with van der Waals surface area (Å²) >= 11 is 6.20. The molecule has 1 fully saturated rings. The minimum absolute atomic E-state index is 0.112. The zero-order chi connectivity index (χ0) is 19.5. The van der Waals surface area contributed by atoms with Gasteiger partial charge in [-0.15, -0.1) is 0 Å². The smallest absolute Gasteiger partial charge is 0.219 e. The molecular formula is C20H23ClN6O. The molecule has 1 aromatic carbocycles. The molecule has 1 amide bonds. The molecule has 0 bridgehead atoms. The Bertz CT molecular complexity index is 988. The molecule has 146 valence electrons. The predicted molar refractivity (Wildman–Crippen MR) is 108 cm³/mol. The SMILES string of the molecule is CC(=O)N1CCC(c2nn(CCNCc3ccccc3Cl)c3nccnc23)C1. The summed E-state index contributed by atoms with van der Waals surface area (Å²) in [6.45, 7) is 5.21. The van der Waals surface area contributed by atoms with E-state index in [1.807, 2.05) is 33.8 Å². The van der Waals surface area contributed by atoms with Gasteiger partial charge in [0.2, 0.25) is 5.91 Å². The highest BCUT2D eigenvalue weighted by Gasteiger charge is 2.30. The fraction of sp³-hybridized carbons (Fsp3) is 0.400. The van der Waals surface area contributed by atoms with Gasteiger partial charge in [0.15, 0.2) is 5.65 Å². The average molecular weight is 399 g/mol. The van der Waals surface area contributed by atoms with Crippen molar-refractivity contribution in [2.75, 3.05) is 19.6 Å². The molecule has 0 aliphatic carbocycles. The van der Waals surface area contributed by atoms with E-state index in [1.165, 1.54) is 0 Å². The molecule has 1 saturated heterocycles. The van der Waals surface area contributed by atoms with E-state index in [1.54, 1.807) is 19.3 Å². The van der Waals surface area contributed by atoms with Crippen molar-refractivity contribution >= 4 is 28.7 Å². The monoisotopic (exact) mass is 398 g/mol. The second kappa shape index (κ2) is 8.24. The van der Waals surface area contributed by atoms with Gasteiger partial charge < -0.3 is 10.2 Å². The summed E-state index contributed by atoms with van der Waals surface area (Å²) in [7, 11) is 0. The Balaban J connectivity index is 1.46. The molecule has 1 N–H and O–H groups in total. The van der Waals surface area contributed by atoms with Crippen molar-refractivity contribution < 1.29 is 4.79 Å². The molecular weight excluding hydrogens is 376 g/mol. The normalized spacial score (nSPS) is 16.8. The highest BCUT2D eigenvalue weighted by atomic mass is 35.5. The number of amides is 1. The molecule has 0 radical (unpaired) electrons. The summed E-state index contributed by atoms with van der Waals surface area (Å²) in [5, 5.41) is 8.99. The maximum atomic E-state index is 11.7. The summed E-state index contributed by atoms with van der Waals surface area (Å²) in [6, 6.07) is 7.83. The highest BCUT2D eigenvalue weighted by molar-refractivity contribution is 6.31. The van der Waals surface area contributed by atoms with Crippen LogP contribution in [0, 0.1) is 0 Å². The van der Waals surface area contributed by atoms with Gasteiger partial charge in [0.05, 0.1) is 12.2 Å². The van der Waals surface area contributed by atoms with E-state index >= 15 is 0 Å². The fourth-order valence-electron chi connectivity index (χ4n) is 3.68.